The van der Waals surface area contributed by atoms with Crippen molar-refractivity contribution in [1.29, 1.82) is 0 Å². The molecule has 0 atom stereocenters. The van der Waals surface area contributed by atoms with Gasteiger partial charge in [-0.25, -0.2) is 0 Å². The smallest absolute Gasteiger partial charge is 0.127 e. The van der Waals surface area contributed by atoms with E-state index in [1.165, 1.54) is 4.88 Å². The molecule has 0 radical (unpaired) electrons. The summed E-state index contributed by atoms with van der Waals surface area (Å²) in [7, 11) is 1.62. The Kier molecular flexibility index (Phi) is 3.39. The number of ether oxygens (including phenoxy) is 1. The van der Waals surface area contributed by atoms with Gasteiger partial charge in [-0.05, 0) is 35.7 Å². The predicted molar refractivity (Wildman–Crippen MR) is 81.2 cm³/mol. The van der Waals surface area contributed by atoms with Crippen molar-refractivity contribution in [2.75, 3.05) is 7.11 Å². The minimum Gasteiger partial charge on any atom is -0.508 e. The molecule has 0 saturated heterocycles. The Morgan fingerprint density at radius 1 is 1.10 bits per heavy atom. The zero-order valence-corrected chi connectivity index (χ0v) is 11.7. The maximum absolute atomic E-state index is 9.67. The van der Waals surface area contributed by atoms with Gasteiger partial charge in [0.1, 0.15) is 11.5 Å². The lowest BCUT2D eigenvalue weighted by Crippen LogP contribution is -1.89. The molecule has 4 heteroatoms. The molecule has 0 spiro atoms. The molecule has 0 amide bonds. The lowest BCUT2D eigenvalue weighted by Gasteiger charge is -2.09. The molecule has 3 rings (SSSR count). The summed E-state index contributed by atoms with van der Waals surface area (Å²) in [6.45, 7) is 0. The van der Waals surface area contributed by atoms with Gasteiger partial charge < -0.3 is 9.84 Å². The van der Waals surface area contributed by atoms with Crippen LogP contribution >= 0.6 is 11.3 Å². The Bertz CT molecular complexity index is 723. The van der Waals surface area contributed by atoms with E-state index in [0.717, 1.165) is 16.7 Å². The first kappa shape index (κ1) is 12.7. The topological polar surface area (TPSA) is 42.4 Å². The summed E-state index contributed by atoms with van der Waals surface area (Å²) in [5.41, 5.74) is 2.81. The van der Waals surface area contributed by atoms with Crippen LogP contribution in [0.1, 0.15) is 0 Å². The van der Waals surface area contributed by atoms with Crippen LogP contribution in [0.5, 0.6) is 11.5 Å². The minimum atomic E-state index is 0.210. The van der Waals surface area contributed by atoms with Crippen molar-refractivity contribution >= 4 is 11.3 Å². The van der Waals surface area contributed by atoms with Gasteiger partial charge in [0.05, 0.1) is 7.11 Å². The highest BCUT2D eigenvalue weighted by Gasteiger charge is 2.09. The Morgan fingerprint density at radius 3 is 2.70 bits per heavy atom. The molecule has 2 heterocycles. The molecule has 100 valence electrons. The third-order valence-corrected chi connectivity index (χ3v) is 3.96. The van der Waals surface area contributed by atoms with Crippen molar-refractivity contribution in [2.24, 2.45) is 0 Å². The number of rotatable bonds is 3. The van der Waals surface area contributed by atoms with Crippen molar-refractivity contribution in [2.45, 2.75) is 0 Å². The first-order valence-electron chi connectivity index (χ1n) is 6.14. The van der Waals surface area contributed by atoms with Gasteiger partial charge in [-0.1, -0.05) is 6.07 Å². The molecular formula is C16H13NO2S. The Hall–Kier alpha value is -2.33. The lowest BCUT2D eigenvalue weighted by molar-refractivity contribution is 0.414. The summed E-state index contributed by atoms with van der Waals surface area (Å²) in [6.07, 6.45) is 3.61. The number of nitrogens with zero attached hydrogens (tertiary/aromatic N) is 1. The first-order chi connectivity index (χ1) is 9.78. The van der Waals surface area contributed by atoms with Crippen molar-refractivity contribution in [3.8, 4) is 33.1 Å². The van der Waals surface area contributed by atoms with E-state index in [1.54, 1.807) is 42.8 Å². The normalized spacial score (nSPS) is 10.4. The number of pyridine rings is 1. The Labute approximate surface area is 121 Å². The van der Waals surface area contributed by atoms with E-state index in [-0.39, 0.29) is 5.75 Å². The number of thiophene rings is 1. The summed E-state index contributed by atoms with van der Waals surface area (Å²) in [5.74, 6) is 0.926. The summed E-state index contributed by atoms with van der Waals surface area (Å²) in [4.78, 5) is 5.46. The largest absolute Gasteiger partial charge is 0.508 e. The summed E-state index contributed by atoms with van der Waals surface area (Å²) in [5, 5.41) is 11.7. The molecule has 20 heavy (non-hydrogen) atoms. The Morgan fingerprint density at radius 2 is 1.95 bits per heavy atom. The van der Waals surface area contributed by atoms with Crippen molar-refractivity contribution < 1.29 is 9.84 Å². The van der Waals surface area contributed by atoms with Crippen LogP contribution in [0.25, 0.3) is 21.6 Å². The maximum atomic E-state index is 9.67. The van der Waals surface area contributed by atoms with Gasteiger partial charge in [0.2, 0.25) is 0 Å². The summed E-state index contributed by atoms with van der Waals surface area (Å²) < 4.78 is 5.35. The van der Waals surface area contributed by atoms with Gasteiger partial charge in [0, 0.05) is 34.0 Å². The number of hydrogen-bond donors (Lipinski definition) is 1. The van der Waals surface area contributed by atoms with E-state index in [9.17, 15) is 5.11 Å². The van der Waals surface area contributed by atoms with Crippen LogP contribution in [0, 0.1) is 0 Å². The van der Waals surface area contributed by atoms with Crippen LogP contribution in [0.15, 0.2) is 54.2 Å². The molecule has 0 fully saturated rings. The second-order valence-corrected chi connectivity index (χ2v) is 5.27. The zero-order chi connectivity index (χ0) is 13.9. The van der Waals surface area contributed by atoms with E-state index >= 15 is 0 Å². The molecule has 0 aliphatic carbocycles. The molecule has 0 bridgehead atoms. The number of benzene rings is 1. The molecule has 2 aromatic heterocycles. The molecular weight excluding hydrogens is 270 g/mol. The zero-order valence-electron chi connectivity index (χ0n) is 10.9. The van der Waals surface area contributed by atoms with Gasteiger partial charge in [0.15, 0.2) is 0 Å². The average Bonchev–Trinajstić information content (AvgIpc) is 3.01. The van der Waals surface area contributed by atoms with Crippen molar-refractivity contribution in [1.82, 2.24) is 4.98 Å². The molecule has 1 aromatic carbocycles. The highest BCUT2D eigenvalue weighted by molar-refractivity contribution is 7.13. The van der Waals surface area contributed by atoms with E-state index in [2.05, 4.69) is 17.1 Å². The number of aromatic hydroxyl groups is 1. The highest BCUT2D eigenvalue weighted by atomic mass is 32.1. The SMILES string of the molecule is COc1ccc(O)cc1-c1cncc(-c2cccs2)c1. The van der Waals surface area contributed by atoms with Crippen LogP contribution < -0.4 is 4.74 Å². The molecule has 3 aromatic rings. The minimum absolute atomic E-state index is 0.210. The maximum Gasteiger partial charge on any atom is 0.127 e. The average molecular weight is 283 g/mol. The molecule has 0 unspecified atom stereocenters. The molecule has 3 nitrogen and oxygen atoms in total. The van der Waals surface area contributed by atoms with E-state index in [0.29, 0.717) is 5.75 Å². The number of aromatic nitrogens is 1. The Balaban J connectivity index is 2.11. The summed E-state index contributed by atoms with van der Waals surface area (Å²) in [6, 6.07) is 11.2. The van der Waals surface area contributed by atoms with Crippen LogP contribution in [0.3, 0.4) is 0 Å². The fourth-order valence-electron chi connectivity index (χ4n) is 2.09. The first-order valence-corrected chi connectivity index (χ1v) is 7.02. The van der Waals surface area contributed by atoms with E-state index in [4.69, 9.17) is 4.74 Å². The van der Waals surface area contributed by atoms with E-state index in [1.807, 2.05) is 17.6 Å². The second-order valence-electron chi connectivity index (χ2n) is 4.32. The van der Waals surface area contributed by atoms with E-state index < -0.39 is 0 Å². The van der Waals surface area contributed by atoms with Gasteiger partial charge in [-0.3, -0.25) is 4.98 Å². The third kappa shape index (κ3) is 2.38. The summed E-state index contributed by atoms with van der Waals surface area (Å²) >= 11 is 1.67. The van der Waals surface area contributed by atoms with Gasteiger partial charge in [-0.15, -0.1) is 11.3 Å². The van der Waals surface area contributed by atoms with Gasteiger partial charge >= 0.3 is 0 Å². The fraction of sp³-hybridized carbons (Fsp3) is 0.0625. The number of phenolic OH excluding ortho intramolecular Hbond substituents is 1. The van der Waals surface area contributed by atoms with Crippen molar-refractivity contribution in [3.63, 3.8) is 0 Å². The molecule has 0 aliphatic heterocycles. The van der Waals surface area contributed by atoms with Gasteiger partial charge in [0.25, 0.3) is 0 Å². The monoisotopic (exact) mass is 283 g/mol. The molecule has 0 saturated carbocycles. The highest BCUT2D eigenvalue weighted by Crippen LogP contribution is 2.35. The predicted octanol–water partition coefficient (Wildman–Crippen LogP) is 4.19. The number of hydrogen-bond acceptors (Lipinski definition) is 4. The number of methoxy groups -OCH3 is 1. The van der Waals surface area contributed by atoms with Gasteiger partial charge in [-0.2, -0.15) is 0 Å². The van der Waals surface area contributed by atoms with Crippen LogP contribution in [0.2, 0.25) is 0 Å². The standard InChI is InChI=1S/C16H13NO2S/c1-19-15-5-4-13(18)8-14(15)11-7-12(10-17-9-11)16-3-2-6-20-16/h2-10,18H,1H3. The fourth-order valence-corrected chi connectivity index (χ4v) is 2.79. The van der Waals surface area contributed by atoms with Crippen molar-refractivity contribution in [3.05, 3.63) is 54.2 Å². The lowest BCUT2D eigenvalue weighted by atomic mass is 10.0. The third-order valence-electron chi connectivity index (χ3n) is 3.04. The molecule has 0 aliphatic rings. The molecule has 1 N–H and O–H groups in total. The van der Waals surface area contributed by atoms with Crippen LogP contribution in [-0.4, -0.2) is 17.2 Å². The number of phenols is 1. The van der Waals surface area contributed by atoms with Crippen LogP contribution in [0.4, 0.5) is 0 Å². The van der Waals surface area contributed by atoms with Crippen LogP contribution in [-0.2, 0) is 0 Å². The second kappa shape index (κ2) is 5.35. The quantitative estimate of drug-likeness (QED) is 0.783.